The molecular formula is C12H7BrFN3O3. The molecule has 2 heterocycles. The van der Waals surface area contributed by atoms with Crippen molar-refractivity contribution in [1.29, 1.82) is 0 Å². The van der Waals surface area contributed by atoms with Crippen molar-refractivity contribution >= 4 is 21.7 Å². The van der Waals surface area contributed by atoms with Gasteiger partial charge in [-0.05, 0) is 35.8 Å². The van der Waals surface area contributed by atoms with E-state index in [-0.39, 0.29) is 5.78 Å². The highest BCUT2D eigenvalue weighted by Crippen LogP contribution is 2.19. The first kappa shape index (κ1) is 12.8. The summed E-state index contributed by atoms with van der Waals surface area (Å²) >= 11 is 3.35. The summed E-state index contributed by atoms with van der Waals surface area (Å²) in [5.74, 6) is -2.21. The van der Waals surface area contributed by atoms with Crippen molar-refractivity contribution in [3.05, 3.63) is 61.2 Å². The van der Waals surface area contributed by atoms with Crippen LogP contribution in [0.25, 0.3) is 11.5 Å². The number of aryl methyl sites for hydroxylation is 1. The molecule has 0 unspecified atom stereocenters. The zero-order valence-corrected chi connectivity index (χ0v) is 11.7. The van der Waals surface area contributed by atoms with Crippen LogP contribution in [0.2, 0.25) is 0 Å². The van der Waals surface area contributed by atoms with E-state index < -0.39 is 17.3 Å². The normalized spacial score (nSPS) is 11.2. The number of rotatable bonds is 1. The molecule has 0 aliphatic heterocycles. The van der Waals surface area contributed by atoms with Crippen LogP contribution in [-0.2, 0) is 0 Å². The summed E-state index contributed by atoms with van der Waals surface area (Å²) in [4.78, 5) is 23.4. The molecule has 20 heavy (non-hydrogen) atoms. The van der Waals surface area contributed by atoms with Crippen molar-refractivity contribution in [1.82, 2.24) is 14.1 Å². The van der Waals surface area contributed by atoms with Gasteiger partial charge in [-0.3, -0.25) is 9.32 Å². The topological polar surface area (TPSA) is 69.5 Å². The molecule has 6 nitrogen and oxygen atoms in total. The summed E-state index contributed by atoms with van der Waals surface area (Å²) in [5.41, 5.74) is 0.696. The Kier molecular flexibility index (Phi) is 2.82. The first-order valence-corrected chi connectivity index (χ1v) is 6.35. The Bertz CT molecular complexity index is 941. The maximum atomic E-state index is 13.6. The molecule has 0 aliphatic carbocycles. The zero-order valence-electron chi connectivity index (χ0n) is 10.1. The molecule has 102 valence electrons. The predicted molar refractivity (Wildman–Crippen MR) is 71.7 cm³/mol. The Hall–Kier alpha value is -2.22. The van der Waals surface area contributed by atoms with Gasteiger partial charge in [0.05, 0.1) is 11.8 Å². The average molecular weight is 340 g/mol. The minimum atomic E-state index is -1.01. The van der Waals surface area contributed by atoms with Crippen molar-refractivity contribution in [3.8, 4) is 5.69 Å². The zero-order chi connectivity index (χ0) is 14.4. The minimum absolute atomic E-state index is 0.207. The molecule has 0 bridgehead atoms. The van der Waals surface area contributed by atoms with Crippen LogP contribution in [0.15, 0.2) is 42.9 Å². The van der Waals surface area contributed by atoms with E-state index in [0.29, 0.717) is 16.2 Å². The third-order valence-electron chi connectivity index (χ3n) is 2.86. The molecule has 0 amide bonds. The van der Waals surface area contributed by atoms with E-state index in [9.17, 15) is 14.0 Å². The fraction of sp³-hybridized carbons (Fsp3) is 0.0833. The predicted octanol–water partition coefficient (Wildman–Crippen LogP) is 1.65. The summed E-state index contributed by atoms with van der Waals surface area (Å²) in [7, 11) is 0. The Morgan fingerprint density at radius 1 is 1.30 bits per heavy atom. The Labute approximate surface area is 119 Å². The fourth-order valence-electron chi connectivity index (χ4n) is 1.91. The van der Waals surface area contributed by atoms with Crippen LogP contribution in [-0.4, -0.2) is 14.1 Å². The van der Waals surface area contributed by atoms with Crippen LogP contribution < -0.4 is 11.3 Å². The summed E-state index contributed by atoms with van der Waals surface area (Å²) in [6.45, 7) is 1.84. The second-order valence-corrected chi connectivity index (χ2v) is 5.01. The van der Waals surface area contributed by atoms with Gasteiger partial charge in [0.2, 0.25) is 5.95 Å². The molecule has 3 rings (SSSR count). The van der Waals surface area contributed by atoms with E-state index in [1.165, 1.54) is 0 Å². The number of nitrogens with zero attached hydrogens (tertiary/aromatic N) is 3. The standard InChI is InChI=1S/C12H7BrFN3O3/c1-6-4-7(2-3-8(6)13)16-10(18)5-9(14)17-11(16)15-20-12(17)19/h2-5H,1H3. The number of hydrogen-bond acceptors (Lipinski definition) is 4. The third kappa shape index (κ3) is 1.80. The molecule has 0 aliphatic rings. The van der Waals surface area contributed by atoms with Gasteiger partial charge in [-0.2, -0.15) is 8.79 Å². The largest absolute Gasteiger partial charge is 0.449 e. The maximum absolute atomic E-state index is 13.6. The van der Waals surface area contributed by atoms with Crippen LogP contribution in [0.4, 0.5) is 4.39 Å². The highest BCUT2D eigenvalue weighted by molar-refractivity contribution is 9.10. The lowest BCUT2D eigenvalue weighted by Gasteiger charge is -2.08. The molecule has 0 saturated heterocycles. The van der Waals surface area contributed by atoms with Crippen molar-refractivity contribution < 1.29 is 8.91 Å². The number of aromatic nitrogens is 3. The molecule has 0 saturated carbocycles. The molecule has 0 spiro atoms. The van der Waals surface area contributed by atoms with Crippen LogP contribution in [0.5, 0.6) is 0 Å². The summed E-state index contributed by atoms with van der Waals surface area (Å²) in [5, 5.41) is 3.46. The third-order valence-corrected chi connectivity index (χ3v) is 3.75. The van der Waals surface area contributed by atoms with Crippen LogP contribution >= 0.6 is 15.9 Å². The first-order valence-electron chi connectivity index (χ1n) is 5.55. The molecule has 8 heteroatoms. The fourth-order valence-corrected chi connectivity index (χ4v) is 2.15. The molecular weight excluding hydrogens is 333 g/mol. The van der Waals surface area contributed by atoms with Crippen molar-refractivity contribution in [2.24, 2.45) is 0 Å². The monoisotopic (exact) mass is 339 g/mol. The van der Waals surface area contributed by atoms with Crippen molar-refractivity contribution in [3.63, 3.8) is 0 Å². The molecule has 2 aromatic heterocycles. The Morgan fingerprint density at radius 3 is 2.75 bits per heavy atom. The van der Waals surface area contributed by atoms with Crippen LogP contribution in [0, 0.1) is 12.9 Å². The van der Waals surface area contributed by atoms with Crippen molar-refractivity contribution in [2.45, 2.75) is 6.92 Å². The average Bonchev–Trinajstić information content (AvgIpc) is 2.76. The quantitative estimate of drug-likeness (QED) is 0.632. The van der Waals surface area contributed by atoms with Crippen LogP contribution in [0.3, 0.4) is 0 Å². The van der Waals surface area contributed by atoms with Gasteiger partial charge in [-0.25, -0.2) is 9.36 Å². The summed E-state index contributed by atoms with van der Waals surface area (Å²) < 4.78 is 20.6. The van der Waals surface area contributed by atoms with E-state index in [1.54, 1.807) is 18.2 Å². The molecule has 0 N–H and O–H groups in total. The van der Waals surface area contributed by atoms with Gasteiger partial charge in [0.15, 0.2) is 0 Å². The molecule has 0 fully saturated rings. The van der Waals surface area contributed by atoms with E-state index in [0.717, 1.165) is 14.6 Å². The molecule has 0 radical (unpaired) electrons. The number of benzene rings is 1. The molecule has 3 aromatic rings. The highest BCUT2D eigenvalue weighted by Gasteiger charge is 2.16. The molecule has 0 atom stereocenters. The minimum Gasteiger partial charge on any atom is -0.293 e. The second-order valence-electron chi connectivity index (χ2n) is 4.16. The lowest BCUT2D eigenvalue weighted by Crippen LogP contribution is -2.24. The van der Waals surface area contributed by atoms with E-state index >= 15 is 0 Å². The van der Waals surface area contributed by atoms with Gasteiger partial charge in [0.25, 0.3) is 11.3 Å². The second kappa shape index (κ2) is 4.41. The van der Waals surface area contributed by atoms with Gasteiger partial charge in [-0.1, -0.05) is 15.9 Å². The van der Waals surface area contributed by atoms with Gasteiger partial charge < -0.3 is 0 Å². The first-order chi connectivity index (χ1) is 9.49. The van der Waals surface area contributed by atoms with E-state index in [2.05, 4.69) is 25.6 Å². The lowest BCUT2D eigenvalue weighted by molar-refractivity contribution is 0.381. The Morgan fingerprint density at radius 2 is 2.05 bits per heavy atom. The number of halogens is 2. The van der Waals surface area contributed by atoms with Gasteiger partial charge >= 0.3 is 5.76 Å². The van der Waals surface area contributed by atoms with Crippen LogP contribution in [0.1, 0.15) is 5.56 Å². The number of hydrogen-bond donors (Lipinski definition) is 0. The number of fused-ring (bicyclic) bond motifs is 1. The van der Waals surface area contributed by atoms with Crippen molar-refractivity contribution in [2.75, 3.05) is 0 Å². The van der Waals surface area contributed by atoms with E-state index in [4.69, 9.17) is 0 Å². The lowest BCUT2D eigenvalue weighted by atomic mass is 10.2. The van der Waals surface area contributed by atoms with Gasteiger partial charge in [-0.15, -0.1) is 0 Å². The SMILES string of the molecule is Cc1cc(-n2c(=O)cc(F)n3c(=O)onc23)ccc1Br. The van der Waals surface area contributed by atoms with Gasteiger partial charge in [0, 0.05) is 4.47 Å². The Balaban J connectivity index is 2.44. The van der Waals surface area contributed by atoms with Gasteiger partial charge in [0.1, 0.15) is 0 Å². The highest BCUT2D eigenvalue weighted by atomic mass is 79.9. The summed E-state index contributed by atoms with van der Waals surface area (Å²) in [6.07, 6.45) is 0. The maximum Gasteiger partial charge on any atom is 0.449 e. The smallest absolute Gasteiger partial charge is 0.293 e. The van der Waals surface area contributed by atoms with E-state index in [1.807, 2.05) is 6.92 Å². The summed E-state index contributed by atoms with van der Waals surface area (Å²) in [6, 6.07) is 5.82. The molecule has 1 aromatic carbocycles.